The molecule has 49 heavy (non-hydrogen) atoms. The number of benzene rings is 3. The molecule has 2 atom stereocenters. The number of carbonyl (C=O) groups excluding carboxylic acids is 2. The molecule has 0 amide bonds. The van der Waals surface area contributed by atoms with Crippen LogP contribution in [0.5, 0.6) is 0 Å². The van der Waals surface area contributed by atoms with Gasteiger partial charge in [0.2, 0.25) is 0 Å². The van der Waals surface area contributed by atoms with Gasteiger partial charge in [-0.3, -0.25) is 15.0 Å². The topological polar surface area (TPSA) is 120 Å². The molecule has 2 aliphatic heterocycles. The fraction of sp³-hybridized carbons (Fsp3) is 0.385. The maximum atomic E-state index is 14.2. The summed E-state index contributed by atoms with van der Waals surface area (Å²) in [4.78, 5) is 41.3. The zero-order chi connectivity index (χ0) is 35.0. The van der Waals surface area contributed by atoms with Gasteiger partial charge in [0.05, 0.1) is 28.6 Å². The molecule has 10 heteroatoms. The summed E-state index contributed by atoms with van der Waals surface area (Å²) in [6.07, 6.45) is 1.54. The maximum absolute atomic E-state index is 14.2. The predicted octanol–water partition coefficient (Wildman–Crippen LogP) is 6.64. The number of carbonyl (C=O) groups is 2. The van der Waals surface area contributed by atoms with Gasteiger partial charge in [-0.1, -0.05) is 72.8 Å². The van der Waals surface area contributed by atoms with E-state index < -0.39 is 28.4 Å². The van der Waals surface area contributed by atoms with Crippen LogP contribution in [-0.2, 0) is 23.8 Å². The summed E-state index contributed by atoms with van der Waals surface area (Å²) in [6, 6.07) is 27.0. The van der Waals surface area contributed by atoms with Gasteiger partial charge in [0.15, 0.2) is 0 Å². The molecule has 5 rings (SSSR count). The number of allylic oxidation sites excluding steroid dienone is 2. The van der Waals surface area contributed by atoms with E-state index in [9.17, 15) is 19.7 Å². The third kappa shape index (κ3) is 8.63. The van der Waals surface area contributed by atoms with Gasteiger partial charge in [0.25, 0.3) is 5.69 Å². The van der Waals surface area contributed by atoms with Crippen LogP contribution in [-0.4, -0.2) is 66.8 Å². The lowest BCUT2D eigenvalue weighted by atomic mass is 9.80. The summed E-state index contributed by atoms with van der Waals surface area (Å²) < 4.78 is 17.2. The highest BCUT2D eigenvalue weighted by atomic mass is 16.6. The summed E-state index contributed by atoms with van der Waals surface area (Å²) in [5, 5.41) is 14.9. The second-order valence-electron chi connectivity index (χ2n) is 12.8. The lowest BCUT2D eigenvalue weighted by Crippen LogP contribution is -2.39. The Morgan fingerprint density at radius 1 is 0.939 bits per heavy atom. The van der Waals surface area contributed by atoms with E-state index >= 15 is 0 Å². The molecular weight excluding hydrogens is 622 g/mol. The number of non-ortho nitro benzene ring substituents is 1. The quantitative estimate of drug-likeness (QED) is 0.0873. The minimum Gasteiger partial charge on any atom is -0.460 e. The van der Waals surface area contributed by atoms with Gasteiger partial charge >= 0.3 is 11.9 Å². The lowest BCUT2D eigenvalue weighted by molar-refractivity contribution is -0.384. The fourth-order valence-corrected chi connectivity index (χ4v) is 6.89. The average Bonchev–Trinajstić information content (AvgIpc) is 3.47. The van der Waals surface area contributed by atoms with Crippen LogP contribution in [0.3, 0.4) is 0 Å². The Morgan fingerprint density at radius 2 is 1.57 bits per heavy atom. The number of nitrogens with zero attached hydrogens (tertiary/aromatic N) is 2. The van der Waals surface area contributed by atoms with E-state index in [4.69, 9.17) is 14.2 Å². The van der Waals surface area contributed by atoms with Crippen LogP contribution >= 0.6 is 0 Å². The fourth-order valence-electron chi connectivity index (χ4n) is 6.89. The van der Waals surface area contributed by atoms with Crippen molar-refractivity contribution in [2.75, 3.05) is 39.5 Å². The summed E-state index contributed by atoms with van der Waals surface area (Å²) >= 11 is 0. The molecule has 10 nitrogen and oxygen atoms in total. The van der Waals surface area contributed by atoms with Gasteiger partial charge in [-0.25, -0.2) is 9.59 Å². The summed E-state index contributed by atoms with van der Waals surface area (Å²) in [5.74, 6) is -1.92. The summed E-state index contributed by atoms with van der Waals surface area (Å²) in [6.45, 7) is 10.1. The molecule has 0 aromatic heterocycles. The standard InChI is InChI=1S/C39H45N3O7/c1-5-47-23-24-48-37(43)34-27(2)40-28(3)35(36(34)31-17-12-18-32(25-31)42(45)46)38(44)49-39(4)20-22-41(26-39)21-19-33(29-13-8-6-9-14-29)30-15-10-7-11-16-30/h6-18,25,33,36,40H,5,19-24,26H2,1-4H3. The Hall–Kier alpha value is -4.80. The first-order valence-corrected chi connectivity index (χ1v) is 16.8. The first-order chi connectivity index (χ1) is 23.6. The maximum Gasteiger partial charge on any atom is 0.337 e. The molecular formula is C39H45N3O7. The SMILES string of the molecule is CCOCCOC(=O)C1=C(C)NC(C)=C(C(=O)OC2(C)CCN(CCC(c3ccccc3)c3ccccc3)C2)C1c1cccc([N+](=O)[O-])c1. The third-order valence-electron chi connectivity index (χ3n) is 9.27. The molecule has 0 bridgehead atoms. The summed E-state index contributed by atoms with van der Waals surface area (Å²) in [5.41, 5.74) is 3.44. The zero-order valence-electron chi connectivity index (χ0n) is 28.6. The van der Waals surface area contributed by atoms with Crippen LogP contribution in [0.1, 0.15) is 69.1 Å². The van der Waals surface area contributed by atoms with Crippen molar-refractivity contribution in [3.8, 4) is 0 Å². The number of nitrogens with one attached hydrogen (secondary N) is 1. The minimum atomic E-state index is -0.938. The Morgan fingerprint density at radius 3 is 2.18 bits per heavy atom. The molecule has 2 aliphatic rings. The number of ether oxygens (including phenoxy) is 3. The molecule has 1 saturated heterocycles. The Bertz CT molecular complexity index is 1670. The van der Waals surface area contributed by atoms with Gasteiger partial charge in [-0.15, -0.1) is 0 Å². The smallest absolute Gasteiger partial charge is 0.337 e. The van der Waals surface area contributed by atoms with E-state index in [1.807, 2.05) is 26.0 Å². The first kappa shape index (κ1) is 35.5. The highest BCUT2D eigenvalue weighted by Crippen LogP contribution is 2.41. The normalized spacial score (nSPS) is 19.6. The van der Waals surface area contributed by atoms with E-state index in [2.05, 4.69) is 58.7 Å². The van der Waals surface area contributed by atoms with Gasteiger partial charge in [0.1, 0.15) is 12.2 Å². The van der Waals surface area contributed by atoms with Crippen LogP contribution in [0.2, 0.25) is 0 Å². The van der Waals surface area contributed by atoms with Gasteiger partial charge in [0, 0.05) is 55.6 Å². The molecule has 0 spiro atoms. The van der Waals surface area contributed by atoms with E-state index in [-0.39, 0.29) is 36.0 Å². The van der Waals surface area contributed by atoms with E-state index in [0.717, 1.165) is 19.5 Å². The molecule has 3 aromatic rings. The number of esters is 2. The van der Waals surface area contributed by atoms with Gasteiger partial charge < -0.3 is 19.5 Å². The van der Waals surface area contributed by atoms with Gasteiger partial charge in [-0.2, -0.15) is 0 Å². The summed E-state index contributed by atoms with van der Waals surface area (Å²) in [7, 11) is 0. The molecule has 1 fully saturated rings. The minimum absolute atomic E-state index is 0.0247. The lowest BCUT2D eigenvalue weighted by Gasteiger charge is -2.33. The second-order valence-corrected chi connectivity index (χ2v) is 12.8. The van der Waals surface area contributed by atoms with Crippen molar-refractivity contribution in [1.82, 2.24) is 10.2 Å². The van der Waals surface area contributed by atoms with Crippen molar-refractivity contribution in [3.63, 3.8) is 0 Å². The van der Waals surface area contributed by atoms with Crippen LogP contribution in [0.4, 0.5) is 5.69 Å². The number of rotatable bonds is 14. The third-order valence-corrected chi connectivity index (χ3v) is 9.27. The van der Waals surface area contributed by atoms with Crippen LogP contribution < -0.4 is 5.32 Å². The predicted molar refractivity (Wildman–Crippen MR) is 187 cm³/mol. The molecule has 0 aliphatic carbocycles. The van der Waals surface area contributed by atoms with Crippen molar-refractivity contribution in [2.24, 2.45) is 0 Å². The zero-order valence-corrected chi connectivity index (χ0v) is 28.6. The molecule has 2 unspecified atom stereocenters. The molecule has 0 saturated carbocycles. The Balaban J connectivity index is 1.35. The number of nitro groups is 1. The van der Waals surface area contributed by atoms with E-state index in [1.54, 1.807) is 26.0 Å². The number of nitro benzene ring substituents is 1. The molecule has 0 radical (unpaired) electrons. The Kier molecular flexibility index (Phi) is 11.6. The second kappa shape index (κ2) is 16.1. The highest BCUT2D eigenvalue weighted by molar-refractivity contribution is 6.00. The Labute approximate surface area is 287 Å². The van der Waals surface area contributed by atoms with E-state index in [0.29, 0.717) is 36.5 Å². The first-order valence-electron chi connectivity index (χ1n) is 16.8. The van der Waals surface area contributed by atoms with Crippen LogP contribution in [0.25, 0.3) is 0 Å². The van der Waals surface area contributed by atoms with Crippen LogP contribution in [0, 0.1) is 10.1 Å². The largest absolute Gasteiger partial charge is 0.460 e. The monoisotopic (exact) mass is 667 g/mol. The number of hydrogen-bond acceptors (Lipinski definition) is 9. The van der Waals surface area contributed by atoms with Crippen molar-refractivity contribution in [3.05, 3.63) is 134 Å². The number of hydrogen-bond donors (Lipinski definition) is 1. The highest BCUT2D eigenvalue weighted by Gasteiger charge is 2.43. The van der Waals surface area contributed by atoms with Crippen molar-refractivity contribution < 1.29 is 28.7 Å². The van der Waals surface area contributed by atoms with E-state index in [1.165, 1.54) is 23.3 Å². The molecule has 258 valence electrons. The average molecular weight is 668 g/mol. The molecule has 1 N–H and O–H groups in total. The number of likely N-dealkylation sites (tertiary alicyclic amines) is 1. The number of dihydropyridines is 1. The van der Waals surface area contributed by atoms with Gasteiger partial charge in [-0.05, 0) is 57.4 Å². The molecule has 3 aromatic carbocycles. The molecule has 2 heterocycles. The van der Waals surface area contributed by atoms with Crippen molar-refractivity contribution >= 4 is 17.6 Å². The van der Waals surface area contributed by atoms with Crippen molar-refractivity contribution in [1.29, 1.82) is 0 Å². The van der Waals surface area contributed by atoms with Crippen molar-refractivity contribution in [2.45, 2.75) is 58.0 Å². The van der Waals surface area contributed by atoms with Crippen LogP contribution in [0.15, 0.2) is 107 Å².